The molecule has 0 aliphatic rings. The van der Waals surface area contributed by atoms with Gasteiger partial charge in [0, 0.05) is 44.8 Å². The van der Waals surface area contributed by atoms with Gasteiger partial charge in [-0.2, -0.15) is 0 Å². The van der Waals surface area contributed by atoms with Crippen molar-refractivity contribution >= 4 is 34.0 Å². The van der Waals surface area contributed by atoms with Crippen LogP contribution in [0.2, 0.25) is 0 Å². The second-order valence-electron chi connectivity index (χ2n) is 25.2. The van der Waals surface area contributed by atoms with Crippen molar-refractivity contribution in [2.24, 2.45) is 0 Å². The third-order valence-corrected chi connectivity index (χ3v) is 15.6. The second-order valence-corrected chi connectivity index (χ2v) is 25.2. The van der Waals surface area contributed by atoms with Crippen molar-refractivity contribution in [2.75, 3.05) is 0 Å². The van der Waals surface area contributed by atoms with Crippen molar-refractivity contribution in [1.82, 2.24) is 35.6 Å². The van der Waals surface area contributed by atoms with Gasteiger partial charge in [-0.25, -0.2) is 4.98 Å². The highest BCUT2D eigenvalue weighted by Crippen LogP contribution is 2.34. The van der Waals surface area contributed by atoms with Crippen molar-refractivity contribution in [2.45, 2.75) is 78.6 Å². The molecule has 0 aliphatic heterocycles. The fraction of sp³-hybridized carbons (Fsp3) is 0.152. The minimum absolute atomic E-state index is 0.0936. The van der Waals surface area contributed by atoms with Gasteiger partial charge in [0.1, 0.15) is 5.52 Å². The van der Waals surface area contributed by atoms with E-state index in [2.05, 4.69) is 213 Å². The van der Waals surface area contributed by atoms with E-state index < -0.39 is 0 Å². The summed E-state index contributed by atoms with van der Waals surface area (Å²) in [6, 6.07) is 82.0. The average molecular weight is 1180 g/mol. The van der Waals surface area contributed by atoms with Crippen molar-refractivity contribution in [3.8, 4) is 91.0 Å². The van der Waals surface area contributed by atoms with E-state index in [1.54, 1.807) is 0 Å². The molecule has 11 heteroatoms. The molecule has 11 nitrogen and oxygen atoms in total. The summed E-state index contributed by atoms with van der Waals surface area (Å²) in [7, 11) is 0. The Balaban J connectivity index is 0.000000140. The highest BCUT2D eigenvalue weighted by molar-refractivity contribution is 6.03. The molecule has 14 aromatic rings. The van der Waals surface area contributed by atoms with Gasteiger partial charge in [0.05, 0.1) is 0 Å². The molecule has 10 aromatic carbocycles. The Bertz CT molecular complexity index is 4560. The fourth-order valence-electron chi connectivity index (χ4n) is 10.2. The second kappa shape index (κ2) is 25.4. The first-order valence-electron chi connectivity index (χ1n) is 30.2. The Morgan fingerprint density at radius 3 is 0.922 bits per heavy atom. The maximum Gasteiger partial charge on any atom is 0.248 e. The lowest BCUT2D eigenvalue weighted by Crippen LogP contribution is -2.10. The molecular formula is C79H69N7O4. The Morgan fingerprint density at radius 1 is 0.267 bits per heavy atom. The van der Waals surface area contributed by atoms with Crippen LogP contribution in [0.25, 0.3) is 125 Å². The van der Waals surface area contributed by atoms with Gasteiger partial charge in [-0.05, 0) is 151 Å². The monoisotopic (exact) mass is 1180 g/mol. The number of fused-ring (bicyclic) bond motifs is 3. The van der Waals surface area contributed by atoms with Crippen LogP contribution in [0.4, 0.5) is 0 Å². The standard InChI is InChI=1S/C36H34N4O2.C24H22N2O.C19H13NO/c1-35(2,3)29-19-15-27(16-20-29)33-39-37-31(41-33)25-11-7-23(8-12-25)24-9-13-26(14-10-24)32-38-40-34(42-32)28-17-21-30(22-18-28)36(4,5)6;1-24(2,3)21-15-13-20(14-16-21)23-26-25-22(27-23)19-11-9-18(10-12-19)17-7-5-4-6-8-17;1-2-6-14(7-3-1)10-13-18-20-19-16-9-5-4-8-15(16)11-12-17(19)21-18/h7-22H,1-6H3;4-16H,1-3H3;1-13H/b;;13-10+. The minimum Gasteiger partial charge on any atom is -0.437 e. The third kappa shape index (κ3) is 13.9. The molecule has 0 spiro atoms. The summed E-state index contributed by atoms with van der Waals surface area (Å²) in [6.07, 6.45) is 3.91. The Labute approximate surface area is 524 Å². The Kier molecular flexibility index (Phi) is 16.8. The first-order chi connectivity index (χ1) is 43.4. The molecule has 0 unspecified atom stereocenters. The van der Waals surface area contributed by atoms with Gasteiger partial charge in [-0.3, -0.25) is 0 Å². The molecule has 0 atom stereocenters. The Morgan fingerprint density at radius 2 is 0.567 bits per heavy atom. The minimum atomic E-state index is 0.0936. The molecule has 0 fully saturated rings. The lowest BCUT2D eigenvalue weighted by molar-refractivity contribution is 0.582. The van der Waals surface area contributed by atoms with Gasteiger partial charge in [-0.1, -0.05) is 226 Å². The molecule has 14 rings (SSSR count). The molecule has 0 saturated carbocycles. The fourth-order valence-corrected chi connectivity index (χ4v) is 10.2. The molecule has 444 valence electrons. The molecule has 0 saturated heterocycles. The van der Waals surface area contributed by atoms with Crippen molar-refractivity contribution in [3.63, 3.8) is 0 Å². The van der Waals surface area contributed by atoms with Crippen molar-refractivity contribution in [1.29, 1.82) is 0 Å². The van der Waals surface area contributed by atoms with Crippen molar-refractivity contribution < 1.29 is 17.7 Å². The number of hydrogen-bond acceptors (Lipinski definition) is 11. The number of nitrogens with zero attached hydrogens (tertiary/aromatic N) is 7. The van der Waals surface area contributed by atoms with E-state index in [0.29, 0.717) is 41.2 Å². The van der Waals surface area contributed by atoms with Gasteiger partial charge in [0.15, 0.2) is 5.58 Å². The predicted octanol–water partition coefficient (Wildman–Crippen LogP) is 20.9. The van der Waals surface area contributed by atoms with E-state index in [4.69, 9.17) is 17.7 Å². The van der Waals surface area contributed by atoms with Gasteiger partial charge in [0.25, 0.3) is 0 Å². The van der Waals surface area contributed by atoms with Gasteiger partial charge in [0.2, 0.25) is 41.2 Å². The average Bonchev–Trinajstić information content (AvgIpc) is 1.76. The molecule has 0 amide bonds. The van der Waals surface area contributed by atoms with Crippen LogP contribution in [0.5, 0.6) is 0 Å². The van der Waals surface area contributed by atoms with Crippen LogP contribution in [0.1, 0.15) is 90.5 Å². The van der Waals surface area contributed by atoms with E-state index >= 15 is 0 Å². The predicted molar refractivity (Wildman–Crippen MR) is 363 cm³/mol. The Hall–Kier alpha value is -10.9. The molecule has 0 bridgehead atoms. The van der Waals surface area contributed by atoms with Crippen LogP contribution in [0, 0.1) is 0 Å². The zero-order valence-corrected chi connectivity index (χ0v) is 52.0. The van der Waals surface area contributed by atoms with Crippen LogP contribution in [0.3, 0.4) is 0 Å². The van der Waals surface area contributed by atoms with E-state index in [1.165, 1.54) is 27.6 Å². The zero-order chi connectivity index (χ0) is 62.4. The summed E-state index contributed by atoms with van der Waals surface area (Å²) in [5, 5.41) is 27.8. The number of rotatable bonds is 10. The summed E-state index contributed by atoms with van der Waals surface area (Å²) in [5.74, 6) is 3.71. The summed E-state index contributed by atoms with van der Waals surface area (Å²) in [6.45, 7) is 19.8. The SMILES string of the molecule is C(=C\c1nc2c(ccc3ccccc32)o1)/c1ccccc1.CC(C)(C)c1ccc(-c2nnc(-c3ccc(-c4ccc(-c5nnc(-c6ccc(C(C)(C)C)cc6)o5)cc4)cc3)o2)cc1.CC(C)(C)c1ccc(-c2nnc(-c3ccc(-c4ccccc4)cc3)o2)cc1. The van der Waals surface area contributed by atoms with E-state index in [9.17, 15) is 0 Å². The van der Waals surface area contributed by atoms with Crippen LogP contribution in [0.15, 0.2) is 260 Å². The van der Waals surface area contributed by atoms with Crippen LogP contribution in [-0.4, -0.2) is 35.6 Å². The first-order valence-corrected chi connectivity index (χ1v) is 30.2. The zero-order valence-electron chi connectivity index (χ0n) is 52.0. The summed E-state index contributed by atoms with van der Waals surface area (Å²) in [5.41, 5.74) is 16.9. The lowest BCUT2D eigenvalue weighted by Gasteiger charge is -2.18. The topological polar surface area (TPSA) is 143 Å². The van der Waals surface area contributed by atoms with Crippen LogP contribution in [-0.2, 0) is 16.2 Å². The molecule has 4 heterocycles. The quantitative estimate of drug-likeness (QED) is 0.129. The molecule has 0 radical (unpaired) electrons. The smallest absolute Gasteiger partial charge is 0.248 e. The summed E-state index contributed by atoms with van der Waals surface area (Å²) in [4.78, 5) is 4.60. The molecule has 4 aromatic heterocycles. The highest BCUT2D eigenvalue weighted by atomic mass is 16.4. The molecule has 0 aliphatic carbocycles. The maximum absolute atomic E-state index is 6.00. The number of aromatic nitrogens is 7. The van der Waals surface area contributed by atoms with Gasteiger partial charge < -0.3 is 17.7 Å². The van der Waals surface area contributed by atoms with Gasteiger partial charge >= 0.3 is 0 Å². The lowest BCUT2D eigenvalue weighted by atomic mass is 9.87. The normalized spacial score (nSPS) is 11.8. The van der Waals surface area contributed by atoms with Crippen molar-refractivity contribution in [3.05, 3.63) is 271 Å². The van der Waals surface area contributed by atoms with E-state index in [-0.39, 0.29) is 16.2 Å². The first kappa shape index (κ1) is 59.4. The van der Waals surface area contributed by atoms with E-state index in [0.717, 1.165) is 72.1 Å². The van der Waals surface area contributed by atoms with Gasteiger partial charge in [-0.15, -0.1) is 30.6 Å². The highest BCUT2D eigenvalue weighted by Gasteiger charge is 2.19. The molecule has 90 heavy (non-hydrogen) atoms. The number of hydrogen-bond donors (Lipinski definition) is 0. The van der Waals surface area contributed by atoms with E-state index in [1.807, 2.05) is 140 Å². The summed E-state index contributed by atoms with van der Waals surface area (Å²) >= 11 is 0. The molecular weight excluding hydrogens is 1110 g/mol. The van der Waals surface area contributed by atoms with Crippen LogP contribution >= 0.6 is 0 Å². The molecule has 0 N–H and O–H groups in total. The maximum atomic E-state index is 6.00. The van der Waals surface area contributed by atoms with Crippen LogP contribution < -0.4 is 0 Å². The number of benzene rings is 10. The largest absolute Gasteiger partial charge is 0.437 e. The summed E-state index contributed by atoms with van der Waals surface area (Å²) < 4.78 is 23.7. The number of oxazole rings is 1. The third-order valence-electron chi connectivity index (χ3n) is 15.6.